The molecule has 1 amide bonds. The lowest BCUT2D eigenvalue weighted by Gasteiger charge is -2.36. The van der Waals surface area contributed by atoms with Gasteiger partial charge in [-0.25, -0.2) is 19.4 Å². The Kier molecular flexibility index (Phi) is 5.96. The summed E-state index contributed by atoms with van der Waals surface area (Å²) in [6.07, 6.45) is 1.02. The highest BCUT2D eigenvalue weighted by Gasteiger charge is 2.24. The number of fused-ring (bicyclic) bond motifs is 1. The van der Waals surface area contributed by atoms with Crippen molar-refractivity contribution in [2.24, 2.45) is 0 Å². The first-order valence-corrected chi connectivity index (χ1v) is 11.3. The van der Waals surface area contributed by atoms with Crippen molar-refractivity contribution in [2.45, 2.75) is 19.9 Å². The molecule has 11 heteroatoms. The molecular weight excluding hydrogens is 444 g/mol. The number of carbonyl (C=O) groups excluding carboxylic acids is 1. The summed E-state index contributed by atoms with van der Waals surface area (Å²) in [6.45, 7) is 5.77. The highest BCUT2D eigenvalue weighted by molar-refractivity contribution is 5.92. The lowest BCUT2D eigenvalue weighted by atomic mass is 10.1. The highest BCUT2D eigenvalue weighted by Crippen LogP contribution is 2.23. The predicted molar refractivity (Wildman–Crippen MR) is 122 cm³/mol. The number of anilines is 1. The average Bonchev–Trinajstić information content (AvgIpc) is 2.80. The zero-order chi connectivity index (χ0) is 23.8. The fraction of sp³-hybridized carbons (Fsp3) is 0.391. The number of hydrazine groups is 1. The van der Waals surface area contributed by atoms with Gasteiger partial charge in [-0.15, -0.1) is 0 Å². The Morgan fingerprint density at radius 2 is 1.82 bits per heavy atom. The van der Waals surface area contributed by atoms with Crippen molar-refractivity contribution in [3.63, 3.8) is 0 Å². The third kappa shape index (κ3) is 4.36. The van der Waals surface area contributed by atoms with Gasteiger partial charge in [-0.3, -0.25) is 19.9 Å². The number of hydrogen-bond acceptors (Lipinski definition) is 7. The standard InChI is InChI=1S/C23H25F2N7O2/c1-14-22(33)28-20-16(26-14)4-3-15(19(20)24)13-30-9-11-31(12-10-30)18-6-5-17(27-21(18)25)23(34)29-32-7-2-8-32/h3-6H,2,7-13H2,1H3,(H,28,33)(H,29,34). The number of piperazine rings is 1. The number of aryl methyl sites for hydroxylation is 1. The van der Waals surface area contributed by atoms with Crippen LogP contribution >= 0.6 is 0 Å². The molecule has 2 saturated heterocycles. The van der Waals surface area contributed by atoms with Crippen LogP contribution in [0.5, 0.6) is 0 Å². The van der Waals surface area contributed by atoms with Crippen LogP contribution in [0, 0.1) is 18.7 Å². The number of pyridine rings is 1. The van der Waals surface area contributed by atoms with Crippen LogP contribution in [-0.2, 0) is 6.54 Å². The summed E-state index contributed by atoms with van der Waals surface area (Å²) in [5, 5.41) is 1.77. The van der Waals surface area contributed by atoms with Crippen LogP contribution in [0.1, 0.15) is 28.2 Å². The van der Waals surface area contributed by atoms with E-state index in [2.05, 4.69) is 25.3 Å². The second kappa shape index (κ2) is 9.07. The van der Waals surface area contributed by atoms with Crippen LogP contribution < -0.4 is 15.9 Å². The van der Waals surface area contributed by atoms with Gasteiger partial charge in [0.15, 0.2) is 5.82 Å². The summed E-state index contributed by atoms with van der Waals surface area (Å²) in [5.74, 6) is -1.58. The van der Waals surface area contributed by atoms with Crippen LogP contribution in [0.2, 0.25) is 0 Å². The molecule has 5 rings (SSSR count). The molecule has 2 aliphatic heterocycles. The van der Waals surface area contributed by atoms with E-state index in [1.54, 1.807) is 30.1 Å². The van der Waals surface area contributed by atoms with Gasteiger partial charge in [-0.05, 0) is 31.5 Å². The van der Waals surface area contributed by atoms with E-state index in [1.807, 2.05) is 4.90 Å². The molecule has 0 aliphatic carbocycles. The molecule has 9 nitrogen and oxygen atoms in total. The molecule has 1 aromatic carbocycles. The average molecular weight is 469 g/mol. The van der Waals surface area contributed by atoms with E-state index in [1.165, 1.54) is 6.07 Å². The zero-order valence-corrected chi connectivity index (χ0v) is 18.8. The van der Waals surface area contributed by atoms with Gasteiger partial charge in [-0.2, -0.15) is 4.39 Å². The first kappa shape index (κ1) is 22.4. The number of nitrogens with zero attached hydrogens (tertiary/aromatic N) is 5. The number of hydrogen-bond donors (Lipinski definition) is 2. The number of carbonyl (C=O) groups is 1. The maximum absolute atomic E-state index is 15.0. The first-order chi connectivity index (χ1) is 16.4. The summed E-state index contributed by atoms with van der Waals surface area (Å²) in [4.78, 5) is 38.5. The van der Waals surface area contributed by atoms with Gasteiger partial charge in [0.05, 0.1) is 11.2 Å². The number of aromatic amines is 1. The fourth-order valence-corrected chi connectivity index (χ4v) is 4.18. The molecule has 2 aromatic heterocycles. The Morgan fingerprint density at radius 3 is 2.50 bits per heavy atom. The van der Waals surface area contributed by atoms with Crippen molar-refractivity contribution in [1.82, 2.24) is 30.3 Å². The lowest BCUT2D eigenvalue weighted by molar-refractivity contribution is 0.0636. The zero-order valence-electron chi connectivity index (χ0n) is 18.8. The van der Waals surface area contributed by atoms with Gasteiger partial charge < -0.3 is 9.88 Å². The minimum atomic E-state index is -0.683. The topological polar surface area (TPSA) is 97.5 Å². The third-order valence-electron chi connectivity index (χ3n) is 6.34. The molecular formula is C23H25F2N7O2. The van der Waals surface area contributed by atoms with Crippen LogP contribution in [-0.4, -0.2) is 70.0 Å². The van der Waals surface area contributed by atoms with Crippen molar-refractivity contribution < 1.29 is 13.6 Å². The molecule has 2 N–H and O–H groups in total. The molecule has 178 valence electrons. The third-order valence-corrected chi connectivity index (χ3v) is 6.34. The van der Waals surface area contributed by atoms with Crippen molar-refractivity contribution in [2.75, 3.05) is 44.2 Å². The Hall–Kier alpha value is -3.44. The number of amides is 1. The largest absolute Gasteiger partial charge is 0.365 e. The normalized spacial score (nSPS) is 17.1. The number of halogens is 2. The lowest BCUT2D eigenvalue weighted by Crippen LogP contribution is -2.50. The maximum atomic E-state index is 15.0. The molecule has 34 heavy (non-hydrogen) atoms. The number of aromatic nitrogens is 3. The summed E-state index contributed by atoms with van der Waals surface area (Å²) < 4.78 is 29.7. The molecule has 3 aromatic rings. The summed E-state index contributed by atoms with van der Waals surface area (Å²) in [5.41, 5.74) is 3.96. The molecule has 0 bridgehead atoms. The molecule has 0 unspecified atom stereocenters. The van der Waals surface area contributed by atoms with Gasteiger partial charge in [-0.1, -0.05) is 6.07 Å². The molecule has 0 atom stereocenters. The summed E-state index contributed by atoms with van der Waals surface area (Å²) in [6, 6.07) is 6.49. The second-order valence-electron chi connectivity index (χ2n) is 8.64. The SMILES string of the molecule is Cc1nc2ccc(CN3CCN(c4ccc(C(=O)NN5CCC5)nc4F)CC3)c(F)c2[nH]c1=O. The number of rotatable bonds is 5. The van der Waals surface area contributed by atoms with E-state index in [0.29, 0.717) is 55.2 Å². The highest BCUT2D eigenvalue weighted by atomic mass is 19.1. The molecule has 0 spiro atoms. The monoisotopic (exact) mass is 469 g/mol. The van der Waals surface area contributed by atoms with Crippen LogP contribution in [0.25, 0.3) is 11.0 Å². The number of nitrogens with one attached hydrogen (secondary N) is 2. The second-order valence-corrected chi connectivity index (χ2v) is 8.64. The van der Waals surface area contributed by atoms with Gasteiger partial charge >= 0.3 is 0 Å². The van der Waals surface area contributed by atoms with Gasteiger partial charge in [0.1, 0.15) is 16.9 Å². The van der Waals surface area contributed by atoms with Crippen molar-refractivity contribution >= 4 is 22.6 Å². The molecule has 4 heterocycles. The molecule has 0 saturated carbocycles. The van der Waals surface area contributed by atoms with Crippen molar-refractivity contribution in [3.8, 4) is 0 Å². The maximum Gasteiger partial charge on any atom is 0.284 e. The van der Waals surface area contributed by atoms with E-state index in [4.69, 9.17) is 0 Å². The van der Waals surface area contributed by atoms with E-state index < -0.39 is 23.2 Å². The van der Waals surface area contributed by atoms with Crippen molar-refractivity contribution in [1.29, 1.82) is 0 Å². The summed E-state index contributed by atoms with van der Waals surface area (Å²) in [7, 11) is 0. The van der Waals surface area contributed by atoms with E-state index in [0.717, 1.165) is 19.5 Å². The Bertz CT molecular complexity index is 1300. The minimum Gasteiger partial charge on any atom is -0.365 e. The van der Waals surface area contributed by atoms with Gasteiger partial charge in [0.2, 0.25) is 5.95 Å². The fourth-order valence-electron chi connectivity index (χ4n) is 4.18. The number of H-pyrrole nitrogens is 1. The van der Waals surface area contributed by atoms with Gasteiger partial charge in [0.25, 0.3) is 11.5 Å². The smallest absolute Gasteiger partial charge is 0.284 e. The van der Waals surface area contributed by atoms with E-state index in [-0.39, 0.29) is 11.2 Å². The van der Waals surface area contributed by atoms with Crippen LogP contribution in [0.4, 0.5) is 14.5 Å². The predicted octanol–water partition coefficient (Wildman–Crippen LogP) is 1.58. The van der Waals surface area contributed by atoms with Gasteiger partial charge in [0, 0.05) is 51.4 Å². The Morgan fingerprint density at radius 1 is 1.06 bits per heavy atom. The number of benzene rings is 1. The molecule has 0 radical (unpaired) electrons. The first-order valence-electron chi connectivity index (χ1n) is 11.3. The Balaban J connectivity index is 1.23. The molecule has 2 aliphatic rings. The minimum absolute atomic E-state index is 0.0429. The summed E-state index contributed by atoms with van der Waals surface area (Å²) >= 11 is 0. The molecule has 2 fully saturated rings. The van der Waals surface area contributed by atoms with Crippen LogP contribution in [0.3, 0.4) is 0 Å². The van der Waals surface area contributed by atoms with Crippen molar-refractivity contribution in [3.05, 3.63) is 63.3 Å². The van der Waals surface area contributed by atoms with E-state index >= 15 is 0 Å². The van der Waals surface area contributed by atoms with Crippen LogP contribution in [0.15, 0.2) is 29.1 Å². The quantitative estimate of drug-likeness (QED) is 0.548. The van der Waals surface area contributed by atoms with E-state index in [9.17, 15) is 18.4 Å². The Labute approximate surface area is 194 Å².